The summed E-state index contributed by atoms with van der Waals surface area (Å²) in [5.41, 5.74) is 2.30. The first-order valence-corrected chi connectivity index (χ1v) is 10.7. The molecule has 1 atom stereocenters. The lowest BCUT2D eigenvalue weighted by atomic mass is 9.86. The van der Waals surface area contributed by atoms with Gasteiger partial charge in [0.1, 0.15) is 5.75 Å². The monoisotopic (exact) mass is 414 g/mol. The molecule has 1 aliphatic heterocycles. The molecule has 2 aromatic carbocycles. The van der Waals surface area contributed by atoms with Gasteiger partial charge in [-0.25, -0.2) is 0 Å². The molecule has 0 radical (unpaired) electrons. The van der Waals surface area contributed by atoms with Gasteiger partial charge in [0.25, 0.3) is 5.91 Å². The molecule has 0 aliphatic carbocycles. The maximum atomic E-state index is 13.4. The Labute approximate surface area is 179 Å². The van der Waals surface area contributed by atoms with Crippen molar-refractivity contribution in [2.45, 2.75) is 51.6 Å². The fraction of sp³-hybridized carbons (Fsp3) is 0.458. The van der Waals surface area contributed by atoms with Crippen molar-refractivity contribution in [3.8, 4) is 5.75 Å². The Hall–Kier alpha value is -2.04. The molecular weight excluding hydrogens is 384 g/mol. The molecule has 1 fully saturated rings. The second kappa shape index (κ2) is 9.19. The Balaban J connectivity index is 1.96. The number of carbonyl (C=O) groups is 1. The van der Waals surface area contributed by atoms with E-state index >= 15 is 0 Å². The van der Waals surface area contributed by atoms with E-state index in [-0.39, 0.29) is 17.5 Å². The van der Waals surface area contributed by atoms with E-state index in [1.165, 1.54) is 12.8 Å². The third kappa shape index (κ3) is 4.59. The van der Waals surface area contributed by atoms with Gasteiger partial charge in [0.15, 0.2) is 0 Å². The Morgan fingerprint density at radius 1 is 1.21 bits per heavy atom. The molecule has 1 amide bonds. The van der Waals surface area contributed by atoms with Crippen LogP contribution in [0.3, 0.4) is 0 Å². The number of halogens is 1. The van der Waals surface area contributed by atoms with Gasteiger partial charge >= 0.3 is 0 Å². The summed E-state index contributed by atoms with van der Waals surface area (Å²) < 4.78 is 5.51. The normalized spacial score (nSPS) is 15.9. The van der Waals surface area contributed by atoms with E-state index in [2.05, 4.69) is 36.2 Å². The molecule has 4 nitrogen and oxygen atoms in total. The number of nitrogens with one attached hydrogen (secondary N) is 1. The van der Waals surface area contributed by atoms with Crippen LogP contribution in [-0.2, 0) is 6.42 Å². The Morgan fingerprint density at radius 3 is 2.45 bits per heavy atom. The first kappa shape index (κ1) is 21.7. The molecule has 29 heavy (non-hydrogen) atoms. The fourth-order valence-corrected chi connectivity index (χ4v) is 4.51. The topological polar surface area (TPSA) is 41.6 Å². The van der Waals surface area contributed by atoms with Crippen LogP contribution in [0.5, 0.6) is 5.75 Å². The van der Waals surface area contributed by atoms with Crippen LogP contribution in [-0.4, -0.2) is 36.5 Å². The number of hydrogen-bond donors (Lipinski definition) is 1. The number of aryl methyl sites for hydroxylation is 1. The average molecular weight is 415 g/mol. The van der Waals surface area contributed by atoms with Gasteiger partial charge in [0.05, 0.1) is 18.7 Å². The van der Waals surface area contributed by atoms with Crippen molar-refractivity contribution < 1.29 is 9.53 Å². The first-order valence-electron chi connectivity index (χ1n) is 10.4. The van der Waals surface area contributed by atoms with Gasteiger partial charge in [-0.2, -0.15) is 0 Å². The number of likely N-dealkylation sites (tertiary alicyclic amines) is 1. The van der Waals surface area contributed by atoms with E-state index in [4.69, 9.17) is 16.3 Å². The van der Waals surface area contributed by atoms with E-state index in [0.717, 1.165) is 30.6 Å². The highest BCUT2D eigenvalue weighted by Crippen LogP contribution is 2.35. The standard InChI is InChI=1S/C24H31ClN2O2/c1-5-17-15-21(29-4)19(16-20(17)25)23(28)26-22(18-11-7-6-8-12-18)24(2,3)27-13-9-10-14-27/h6-8,11-12,15-16,22H,5,9-10,13-14H2,1-4H3,(H,26,28). The van der Waals surface area contributed by atoms with Crippen molar-refractivity contribution in [1.82, 2.24) is 10.2 Å². The summed E-state index contributed by atoms with van der Waals surface area (Å²) in [5, 5.41) is 3.88. The molecule has 0 aromatic heterocycles. The van der Waals surface area contributed by atoms with Crippen molar-refractivity contribution in [2.75, 3.05) is 20.2 Å². The zero-order valence-corrected chi connectivity index (χ0v) is 18.6. The van der Waals surface area contributed by atoms with E-state index < -0.39 is 0 Å². The largest absolute Gasteiger partial charge is 0.496 e. The number of benzene rings is 2. The van der Waals surface area contributed by atoms with Crippen LogP contribution >= 0.6 is 11.6 Å². The summed E-state index contributed by atoms with van der Waals surface area (Å²) in [6, 6.07) is 13.6. The molecule has 2 aromatic rings. The van der Waals surface area contributed by atoms with E-state index in [1.54, 1.807) is 13.2 Å². The van der Waals surface area contributed by atoms with Crippen LogP contribution in [0.25, 0.3) is 0 Å². The lowest BCUT2D eigenvalue weighted by Crippen LogP contribution is -2.52. The molecule has 1 heterocycles. The van der Waals surface area contributed by atoms with Crippen LogP contribution < -0.4 is 10.1 Å². The smallest absolute Gasteiger partial charge is 0.255 e. The van der Waals surface area contributed by atoms with Gasteiger partial charge in [-0.3, -0.25) is 9.69 Å². The third-order valence-electron chi connectivity index (χ3n) is 6.03. The number of carbonyl (C=O) groups excluding carboxylic acids is 1. The predicted octanol–water partition coefficient (Wildman–Crippen LogP) is 5.26. The minimum absolute atomic E-state index is 0.163. The van der Waals surface area contributed by atoms with Gasteiger partial charge in [0, 0.05) is 10.6 Å². The zero-order chi connectivity index (χ0) is 21.0. The lowest BCUT2D eigenvalue weighted by molar-refractivity contribution is 0.0776. The highest BCUT2D eigenvalue weighted by atomic mass is 35.5. The Bertz CT molecular complexity index is 845. The number of ether oxygens (including phenoxy) is 1. The van der Waals surface area contributed by atoms with Gasteiger partial charge in [0.2, 0.25) is 0 Å². The van der Waals surface area contributed by atoms with E-state index in [1.807, 2.05) is 31.2 Å². The number of amides is 1. The molecule has 1 N–H and O–H groups in total. The fourth-order valence-electron chi connectivity index (χ4n) is 4.21. The molecule has 3 rings (SSSR count). The number of rotatable bonds is 7. The van der Waals surface area contributed by atoms with Crippen molar-refractivity contribution in [3.63, 3.8) is 0 Å². The Kier molecular flexibility index (Phi) is 6.86. The van der Waals surface area contributed by atoms with Gasteiger partial charge in [-0.15, -0.1) is 0 Å². The summed E-state index contributed by atoms with van der Waals surface area (Å²) in [7, 11) is 1.59. The summed E-state index contributed by atoms with van der Waals surface area (Å²) >= 11 is 6.41. The van der Waals surface area contributed by atoms with Crippen LogP contribution in [0, 0.1) is 0 Å². The van der Waals surface area contributed by atoms with Crippen molar-refractivity contribution in [1.29, 1.82) is 0 Å². The van der Waals surface area contributed by atoms with Crippen LogP contribution in [0.4, 0.5) is 0 Å². The molecule has 5 heteroatoms. The maximum absolute atomic E-state index is 13.4. The Morgan fingerprint density at radius 2 is 1.86 bits per heavy atom. The quantitative estimate of drug-likeness (QED) is 0.672. The lowest BCUT2D eigenvalue weighted by Gasteiger charge is -2.42. The molecule has 1 saturated heterocycles. The third-order valence-corrected chi connectivity index (χ3v) is 6.38. The minimum Gasteiger partial charge on any atom is -0.496 e. The molecular formula is C24H31ClN2O2. The summed E-state index contributed by atoms with van der Waals surface area (Å²) in [6.45, 7) is 8.55. The molecule has 1 unspecified atom stereocenters. The second-order valence-electron chi connectivity index (χ2n) is 8.16. The van der Waals surface area contributed by atoms with Crippen molar-refractivity contribution >= 4 is 17.5 Å². The van der Waals surface area contributed by atoms with Crippen molar-refractivity contribution in [3.05, 3.63) is 64.2 Å². The highest BCUT2D eigenvalue weighted by molar-refractivity contribution is 6.31. The van der Waals surface area contributed by atoms with Crippen LogP contribution in [0.15, 0.2) is 42.5 Å². The number of nitrogens with zero attached hydrogens (tertiary/aromatic N) is 1. The van der Waals surface area contributed by atoms with Crippen molar-refractivity contribution in [2.24, 2.45) is 0 Å². The minimum atomic E-state index is -0.228. The number of hydrogen-bond acceptors (Lipinski definition) is 3. The average Bonchev–Trinajstić information content (AvgIpc) is 3.28. The molecule has 0 spiro atoms. The zero-order valence-electron chi connectivity index (χ0n) is 17.8. The summed E-state index contributed by atoms with van der Waals surface area (Å²) in [6.07, 6.45) is 3.17. The molecule has 156 valence electrons. The van der Waals surface area contributed by atoms with Gasteiger partial charge in [-0.05, 0) is 69.5 Å². The van der Waals surface area contributed by atoms with Gasteiger partial charge < -0.3 is 10.1 Å². The first-order chi connectivity index (χ1) is 13.9. The maximum Gasteiger partial charge on any atom is 0.255 e. The molecule has 1 aliphatic rings. The summed E-state index contributed by atoms with van der Waals surface area (Å²) in [4.78, 5) is 15.8. The molecule has 0 bridgehead atoms. The van der Waals surface area contributed by atoms with Crippen LogP contribution in [0.1, 0.15) is 61.1 Å². The number of methoxy groups -OCH3 is 1. The molecule has 0 saturated carbocycles. The van der Waals surface area contributed by atoms with E-state index in [0.29, 0.717) is 16.3 Å². The predicted molar refractivity (Wildman–Crippen MR) is 119 cm³/mol. The SMILES string of the molecule is CCc1cc(OC)c(C(=O)NC(c2ccccc2)C(C)(C)N2CCCC2)cc1Cl. The van der Waals surface area contributed by atoms with E-state index in [9.17, 15) is 4.79 Å². The van der Waals surface area contributed by atoms with Crippen LogP contribution in [0.2, 0.25) is 5.02 Å². The summed E-state index contributed by atoms with van der Waals surface area (Å²) in [5.74, 6) is 0.377. The second-order valence-corrected chi connectivity index (χ2v) is 8.57. The highest BCUT2D eigenvalue weighted by Gasteiger charge is 2.39. The van der Waals surface area contributed by atoms with Gasteiger partial charge in [-0.1, -0.05) is 48.9 Å².